The lowest BCUT2D eigenvalue weighted by molar-refractivity contribution is -0.361. The first-order valence-electron chi connectivity index (χ1n) is 30.2. The van der Waals surface area contributed by atoms with E-state index in [4.69, 9.17) is 42.6 Å². The first-order chi connectivity index (χ1) is 38.9. The molecule has 0 radical (unpaired) electrons. The topological polar surface area (TPSA) is 383 Å². The number of hydrogen-bond donors (Lipinski definition) is 14. The second-order valence-corrected chi connectivity index (χ2v) is 27.8. The molecule has 0 aromatic carbocycles. The number of carbonyl (C=O) groups excluding carboxylic acids is 1. The number of carbonyl (C=O) groups is 1. The first-order valence-corrected chi connectivity index (χ1v) is 30.2. The van der Waals surface area contributed by atoms with Crippen molar-refractivity contribution >= 4 is 5.97 Å². The predicted octanol–water partition coefficient (Wildman–Crippen LogP) is -1.32. The molecule has 5 saturated carbocycles. The summed E-state index contributed by atoms with van der Waals surface area (Å²) in [5.74, 6) is -0.923. The van der Waals surface area contributed by atoms with Crippen molar-refractivity contribution < 1.29 is 119 Å². The molecule has 474 valence electrons. The summed E-state index contributed by atoms with van der Waals surface area (Å²) in [6, 6.07) is 0. The molecule has 14 N–H and O–H groups in total. The highest BCUT2D eigenvalue weighted by Crippen LogP contribution is 2.75. The van der Waals surface area contributed by atoms with Gasteiger partial charge in [-0.1, -0.05) is 65.3 Å². The van der Waals surface area contributed by atoms with Crippen LogP contribution in [0.4, 0.5) is 0 Å². The zero-order valence-corrected chi connectivity index (χ0v) is 48.7. The lowest BCUT2D eigenvalue weighted by Crippen LogP contribution is -2.66. The SMILES string of the molecule is C=C1CC[C@]2(C(=O)O[C@@H]3O[C@H](CO[C@@H]4O[C@H](CO)[C@@H](O[C@@H]5O[C@@H](C)[C@H](O)[C@@H](O)[C@H]5O)[C@H](O)[C@H]4O)[C@@H](O)[C@H](O)[C@H]3O)CC[C@]3(C)C(=CC[C@@H]4[C@@]5(C)CC[C@@H](O[C@@H]6OC[C@H](O)[C@H](O)[C@H]6O[C@@H]6C[C@@H](C)[C@H](O)[C@@H](O)[C@H]6O)C(C)(C)[C@@H]5CC[C@]43C)[C@@H]2C1. The Morgan fingerprint density at radius 2 is 1.30 bits per heavy atom. The van der Waals surface area contributed by atoms with Crippen LogP contribution < -0.4 is 0 Å². The van der Waals surface area contributed by atoms with E-state index in [2.05, 4.69) is 47.3 Å². The van der Waals surface area contributed by atoms with Gasteiger partial charge in [0.1, 0.15) is 97.7 Å². The molecule has 24 nitrogen and oxygen atoms in total. The van der Waals surface area contributed by atoms with Crippen molar-refractivity contribution in [3.05, 3.63) is 23.8 Å². The molecule has 0 aromatic heterocycles. The van der Waals surface area contributed by atoms with Gasteiger partial charge in [0.2, 0.25) is 6.29 Å². The third kappa shape index (κ3) is 10.7. The molecule has 0 spiro atoms. The molecule has 83 heavy (non-hydrogen) atoms. The van der Waals surface area contributed by atoms with E-state index in [-0.39, 0.29) is 53.1 Å². The molecule has 10 aliphatic rings. The van der Waals surface area contributed by atoms with Gasteiger partial charge in [-0.25, -0.2) is 0 Å². The Kier molecular flexibility index (Phi) is 18.4. The second kappa shape index (κ2) is 23.8. The smallest absolute Gasteiger partial charge is 0.315 e. The van der Waals surface area contributed by atoms with Crippen LogP contribution in [-0.4, -0.2) is 245 Å². The van der Waals surface area contributed by atoms with Crippen LogP contribution in [0.15, 0.2) is 23.8 Å². The fraction of sp³-hybridized carbons (Fsp3) is 0.915. The number of allylic oxidation sites excluding steroid dienone is 3. The van der Waals surface area contributed by atoms with E-state index in [1.807, 2.05) is 0 Å². The van der Waals surface area contributed by atoms with Crippen molar-refractivity contribution in [1.82, 2.24) is 0 Å². The van der Waals surface area contributed by atoms with E-state index >= 15 is 4.79 Å². The Morgan fingerprint density at radius 3 is 2.01 bits per heavy atom. The zero-order chi connectivity index (χ0) is 60.4. The van der Waals surface area contributed by atoms with E-state index in [9.17, 15) is 71.5 Å². The highest BCUT2D eigenvalue weighted by Gasteiger charge is 2.70. The van der Waals surface area contributed by atoms with Crippen LogP contribution in [0.3, 0.4) is 0 Å². The fourth-order valence-corrected chi connectivity index (χ4v) is 17.5. The highest BCUT2D eigenvalue weighted by molar-refractivity contribution is 5.79. The molecular formula is C59H94O24. The molecule has 4 saturated heterocycles. The molecule has 4 aliphatic heterocycles. The zero-order valence-electron chi connectivity index (χ0n) is 48.7. The number of fused-ring (bicyclic) bond motifs is 7. The van der Waals surface area contributed by atoms with Crippen LogP contribution in [0, 0.1) is 50.7 Å². The van der Waals surface area contributed by atoms with Gasteiger partial charge < -0.3 is 114 Å². The van der Waals surface area contributed by atoms with Crippen LogP contribution in [0.25, 0.3) is 0 Å². The molecule has 10 rings (SSSR count). The lowest BCUT2D eigenvalue weighted by atomic mass is 9.34. The summed E-state index contributed by atoms with van der Waals surface area (Å²) in [5, 5.41) is 151. The number of esters is 1. The molecule has 32 atom stereocenters. The Bertz CT molecular complexity index is 2340. The number of ether oxygens (including phenoxy) is 9. The largest absolute Gasteiger partial charge is 0.432 e. The third-order valence-corrected chi connectivity index (χ3v) is 23.0. The molecule has 9 fully saturated rings. The summed E-state index contributed by atoms with van der Waals surface area (Å²) in [5.41, 5.74) is -0.0166. The fourth-order valence-electron chi connectivity index (χ4n) is 17.5. The van der Waals surface area contributed by atoms with Gasteiger partial charge in [-0.15, -0.1) is 0 Å². The highest BCUT2D eigenvalue weighted by atomic mass is 16.8. The van der Waals surface area contributed by atoms with E-state index in [1.165, 1.54) is 12.5 Å². The molecule has 24 heteroatoms. The monoisotopic (exact) mass is 1190 g/mol. The first kappa shape index (κ1) is 64.1. The maximum atomic E-state index is 15.1. The summed E-state index contributed by atoms with van der Waals surface area (Å²) < 4.78 is 54.1. The Hall–Kier alpha value is -1.93. The van der Waals surface area contributed by atoms with Crippen LogP contribution in [-0.2, 0) is 47.4 Å². The number of hydrogen-bond acceptors (Lipinski definition) is 24. The molecule has 0 bridgehead atoms. The lowest BCUT2D eigenvalue weighted by Gasteiger charge is -2.71. The van der Waals surface area contributed by atoms with Crippen molar-refractivity contribution in [2.24, 2.45) is 50.7 Å². The molecule has 0 aromatic rings. The molecule has 4 heterocycles. The van der Waals surface area contributed by atoms with Gasteiger partial charge >= 0.3 is 5.97 Å². The van der Waals surface area contributed by atoms with Gasteiger partial charge in [0.25, 0.3) is 0 Å². The summed E-state index contributed by atoms with van der Waals surface area (Å²) in [7, 11) is 0. The van der Waals surface area contributed by atoms with Gasteiger partial charge in [0, 0.05) is 5.92 Å². The van der Waals surface area contributed by atoms with E-state index < -0.39 is 177 Å². The summed E-state index contributed by atoms with van der Waals surface area (Å²) >= 11 is 0. The van der Waals surface area contributed by atoms with Crippen molar-refractivity contribution in [2.45, 2.75) is 266 Å². The average Bonchev–Trinajstić information content (AvgIpc) is 0.778. The van der Waals surface area contributed by atoms with Crippen LogP contribution in [0.1, 0.15) is 119 Å². The van der Waals surface area contributed by atoms with Crippen LogP contribution in [0.5, 0.6) is 0 Å². The average molecular weight is 1190 g/mol. The third-order valence-electron chi connectivity index (χ3n) is 23.0. The maximum absolute atomic E-state index is 15.1. The second-order valence-electron chi connectivity index (χ2n) is 27.8. The summed E-state index contributed by atoms with van der Waals surface area (Å²) in [4.78, 5) is 15.1. The molecule has 0 amide bonds. The van der Waals surface area contributed by atoms with Gasteiger partial charge in [-0.05, 0) is 117 Å². The van der Waals surface area contributed by atoms with Crippen molar-refractivity contribution in [2.75, 3.05) is 19.8 Å². The van der Waals surface area contributed by atoms with Crippen molar-refractivity contribution in [3.63, 3.8) is 0 Å². The Morgan fingerprint density at radius 1 is 0.639 bits per heavy atom. The van der Waals surface area contributed by atoms with Crippen LogP contribution in [0.2, 0.25) is 0 Å². The van der Waals surface area contributed by atoms with Crippen LogP contribution >= 0.6 is 0 Å². The van der Waals surface area contributed by atoms with Gasteiger partial charge in [-0.2, -0.15) is 0 Å². The molecule has 0 unspecified atom stereocenters. The molecular weight excluding hydrogens is 1090 g/mol. The summed E-state index contributed by atoms with van der Waals surface area (Å²) in [6.45, 7) is 17.6. The van der Waals surface area contributed by atoms with Gasteiger partial charge in [0.15, 0.2) is 18.9 Å². The quantitative estimate of drug-likeness (QED) is 0.0612. The van der Waals surface area contributed by atoms with E-state index in [0.717, 1.165) is 31.3 Å². The standard InChI is InChI=1S/C59H94O24/c1-24-11-16-59(54(74)83-52-46(72)43(69)40(66)32(80-52)23-76-50-47(73)44(70)48(31(21-60)79-50)82-51-45(71)42(68)37(63)26(3)77-51)18-17-57(7)27(28(59)19-24)9-10-34-56(6)14-13-35(55(4,5)33(56)12-15-58(34,57)8)81-53-49(38(64)29(61)22-75-53)78-30-20-25(2)36(62)41(67)39(30)65/h9,25-26,28-53,60-73H,1,10-23H2,2-8H3/t25-,26+,28+,29+,30-,31-,32-,33+,34-,35-,36+,37+,38+,39+,40-,41-,42-,43+,44-,45-,46-,47-,48-,49-,50-,51+,52+,53+,56+,57-,58-,59+/m1/s1. The maximum Gasteiger partial charge on any atom is 0.315 e. The number of rotatable bonds is 12. The minimum atomic E-state index is -1.89. The molecule has 6 aliphatic carbocycles. The van der Waals surface area contributed by atoms with Gasteiger partial charge in [0.05, 0.1) is 49.7 Å². The van der Waals surface area contributed by atoms with E-state index in [0.29, 0.717) is 38.5 Å². The Balaban J connectivity index is 0.815. The predicted molar refractivity (Wildman–Crippen MR) is 285 cm³/mol. The van der Waals surface area contributed by atoms with Crippen molar-refractivity contribution in [3.8, 4) is 0 Å². The normalized spacial score (nSPS) is 54.5. The summed E-state index contributed by atoms with van der Waals surface area (Å²) in [6.07, 6.45) is -25.8. The van der Waals surface area contributed by atoms with Gasteiger partial charge in [-0.3, -0.25) is 4.79 Å². The number of aliphatic hydroxyl groups is 14. The van der Waals surface area contributed by atoms with E-state index in [1.54, 1.807) is 6.92 Å². The minimum absolute atomic E-state index is 0.160. The van der Waals surface area contributed by atoms with Crippen molar-refractivity contribution in [1.29, 1.82) is 0 Å². The Labute approximate surface area is 484 Å². The number of aliphatic hydroxyl groups excluding tert-OH is 14. The minimum Gasteiger partial charge on any atom is -0.432 e.